The molecule has 1 aliphatic rings. The van der Waals surface area contributed by atoms with Crippen LogP contribution in [0.2, 0.25) is 0 Å². The number of amides is 1. The Labute approximate surface area is 90.1 Å². The van der Waals surface area contributed by atoms with Gasteiger partial charge in [-0.1, -0.05) is 6.07 Å². The van der Waals surface area contributed by atoms with Crippen molar-refractivity contribution < 1.29 is 4.79 Å². The maximum absolute atomic E-state index is 11.2. The van der Waals surface area contributed by atoms with Crippen molar-refractivity contribution in [3.05, 3.63) is 29.3 Å². The molecule has 1 aliphatic heterocycles. The van der Waals surface area contributed by atoms with E-state index in [1.165, 1.54) is 11.1 Å². The van der Waals surface area contributed by atoms with Crippen LogP contribution in [0.25, 0.3) is 0 Å². The van der Waals surface area contributed by atoms with Gasteiger partial charge in [0.2, 0.25) is 5.91 Å². The van der Waals surface area contributed by atoms with Gasteiger partial charge < -0.3 is 10.2 Å². The van der Waals surface area contributed by atoms with E-state index in [-0.39, 0.29) is 5.91 Å². The molecule has 1 aromatic carbocycles. The first kappa shape index (κ1) is 10.0. The van der Waals surface area contributed by atoms with Gasteiger partial charge in [-0.2, -0.15) is 0 Å². The third-order valence-corrected chi connectivity index (χ3v) is 2.89. The Hall–Kier alpha value is -1.51. The molecule has 1 saturated heterocycles. The van der Waals surface area contributed by atoms with Gasteiger partial charge in [-0.05, 0) is 37.1 Å². The second-order valence-corrected chi connectivity index (χ2v) is 4.04. The van der Waals surface area contributed by atoms with Gasteiger partial charge in [0.15, 0.2) is 0 Å². The second-order valence-electron chi connectivity index (χ2n) is 4.04. The number of aryl methyl sites for hydroxylation is 2. The fourth-order valence-corrected chi connectivity index (χ4v) is 1.78. The van der Waals surface area contributed by atoms with Crippen molar-refractivity contribution in [2.45, 2.75) is 13.8 Å². The van der Waals surface area contributed by atoms with Gasteiger partial charge in [0.05, 0.1) is 6.54 Å². The molecule has 1 N–H and O–H groups in total. The van der Waals surface area contributed by atoms with E-state index in [0.29, 0.717) is 6.54 Å². The Morgan fingerprint density at radius 1 is 1.27 bits per heavy atom. The normalized spacial score (nSPS) is 16.4. The van der Waals surface area contributed by atoms with E-state index in [1.807, 2.05) is 0 Å². The van der Waals surface area contributed by atoms with E-state index in [1.54, 1.807) is 0 Å². The number of carbonyl (C=O) groups excluding carboxylic acids is 1. The van der Waals surface area contributed by atoms with Crippen LogP contribution in [-0.2, 0) is 4.79 Å². The van der Waals surface area contributed by atoms with Crippen molar-refractivity contribution in [2.24, 2.45) is 0 Å². The highest BCUT2D eigenvalue weighted by atomic mass is 16.2. The molecular weight excluding hydrogens is 188 g/mol. The third-order valence-electron chi connectivity index (χ3n) is 2.89. The molecule has 80 valence electrons. The predicted octanol–water partition coefficient (Wildman–Crippen LogP) is 1.24. The number of carbonyl (C=O) groups is 1. The molecule has 0 spiro atoms. The van der Waals surface area contributed by atoms with Crippen molar-refractivity contribution in [1.29, 1.82) is 0 Å². The van der Waals surface area contributed by atoms with E-state index in [9.17, 15) is 4.79 Å². The van der Waals surface area contributed by atoms with Crippen molar-refractivity contribution in [3.63, 3.8) is 0 Å². The van der Waals surface area contributed by atoms with E-state index in [4.69, 9.17) is 0 Å². The minimum absolute atomic E-state index is 0.111. The van der Waals surface area contributed by atoms with Crippen molar-refractivity contribution in [2.75, 3.05) is 24.5 Å². The Morgan fingerprint density at radius 2 is 2.07 bits per heavy atom. The van der Waals surface area contributed by atoms with Crippen molar-refractivity contribution in [1.82, 2.24) is 5.32 Å². The fourth-order valence-electron chi connectivity index (χ4n) is 1.78. The number of anilines is 1. The summed E-state index contributed by atoms with van der Waals surface area (Å²) >= 11 is 0. The first-order chi connectivity index (χ1) is 7.16. The predicted molar refractivity (Wildman–Crippen MR) is 61.1 cm³/mol. The molecule has 0 aromatic heterocycles. The van der Waals surface area contributed by atoms with Crippen LogP contribution in [-0.4, -0.2) is 25.5 Å². The smallest absolute Gasteiger partial charge is 0.239 e. The molecule has 0 aliphatic carbocycles. The minimum atomic E-state index is 0.111. The van der Waals surface area contributed by atoms with Crippen LogP contribution in [0.3, 0.4) is 0 Å². The highest BCUT2D eigenvalue weighted by Crippen LogP contribution is 2.19. The number of hydrogen-bond donors (Lipinski definition) is 1. The number of nitrogens with zero attached hydrogens (tertiary/aromatic N) is 1. The van der Waals surface area contributed by atoms with Crippen molar-refractivity contribution in [3.8, 4) is 0 Å². The van der Waals surface area contributed by atoms with Gasteiger partial charge >= 0.3 is 0 Å². The Bertz CT molecular complexity index is 387. The molecule has 3 nitrogen and oxygen atoms in total. The van der Waals surface area contributed by atoms with Crippen molar-refractivity contribution >= 4 is 11.6 Å². The van der Waals surface area contributed by atoms with Crippen LogP contribution in [0.5, 0.6) is 0 Å². The lowest BCUT2D eigenvalue weighted by Crippen LogP contribution is -2.47. The highest BCUT2D eigenvalue weighted by Gasteiger charge is 2.16. The zero-order chi connectivity index (χ0) is 10.8. The van der Waals surface area contributed by atoms with Crippen LogP contribution in [0, 0.1) is 13.8 Å². The molecule has 0 unspecified atom stereocenters. The van der Waals surface area contributed by atoms with Crippen LogP contribution in [0.4, 0.5) is 5.69 Å². The molecule has 0 radical (unpaired) electrons. The quantitative estimate of drug-likeness (QED) is 0.746. The van der Waals surface area contributed by atoms with Crippen LogP contribution in [0.1, 0.15) is 11.1 Å². The summed E-state index contributed by atoms with van der Waals surface area (Å²) in [6.45, 7) is 6.31. The monoisotopic (exact) mass is 204 g/mol. The first-order valence-electron chi connectivity index (χ1n) is 5.26. The summed E-state index contributed by atoms with van der Waals surface area (Å²) in [6.07, 6.45) is 0. The van der Waals surface area contributed by atoms with Crippen LogP contribution >= 0.6 is 0 Å². The molecule has 3 heteroatoms. The third kappa shape index (κ3) is 2.12. The fraction of sp³-hybridized carbons (Fsp3) is 0.417. The first-order valence-corrected chi connectivity index (χ1v) is 5.26. The topological polar surface area (TPSA) is 32.3 Å². The number of hydrogen-bond acceptors (Lipinski definition) is 2. The van der Waals surface area contributed by atoms with E-state index in [2.05, 4.69) is 42.3 Å². The van der Waals surface area contributed by atoms with Gasteiger partial charge in [0, 0.05) is 18.8 Å². The average Bonchev–Trinajstić information content (AvgIpc) is 2.22. The van der Waals surface area contributed by atoms with E-state index in [0.717, 1.165) is 18.8 Å². The molecular formula is C12H16N2O. The lowest BCUT2D eigenvalue weighted by molar-refractivity contribution is -0.120. The number of nitrogens with one attached hydrogen (secondary N) is 1. The van der Waals surface area contributed by atoms with Crippen LogP contribution < -0.4 is 10.2 Å². The van der Waals surface area contributed by atoms with E-state index < -0.39 is 0 Å². The molecule has 1 fully saturated rings. The van der Waals surface area contributed by atoms with Gasteiger partial charge in [-0.3, -0.25) is 4.79 Å². The number of rotatable bonds is 1. The zero-order valence-electron chi connectivity index (χ0n) is 9.21. The molecule has 1 aromatic rings. The largest absolute Gasteiger partial charge is 0.360 e. The molecule has 0 saturated carbocycles. The summed E-state index contributed by atoms with van der Waals surface area (Å²) < 4.78 is 0. The number of benzene rings is 1. The summed E-state index contributed by atoms with van der Waals surface area (Å²) in [5, 5.41) is 2.83. The summed E-state index contributed by atoms with van der Waals surface area (Å²) in [4.78, 5) is 13.4. The maximum Gasteiger partial charge on any atom is 0.239 e. The molecule has 1 heterocycles. The molecule has 0 bridgehead atoms. The maximum atomic E-state index is 11.2. The minimum Gasteiger partial charge on any atom is -0.360 e. The summed E-state index contributed by atoms with van der Waals surface area (Å²) in [6, 6.07) is 6.34. The lowest BCUT2D eigenvalue weighted by Gasteiger charge is -2.29. The van der Waals surface area contributed by atoms with Crippen LogP contribution in [0.15, 0.2) is 18.2 Å². The SMILES string of the molecule is Cc1ccc(N2CCNC(=O)C2)cc1C. The summed E-state index contributed by atoms with van der Waals surface area (Å²) in [5.74, 6) is 0.111. The highest BCUT2D eigenvalue weighted by molar-refractivity contribution is 5.82. The van der Waals surface area contributed by atoms with Gasteiger partial charge in [0.25, 0.3) is 0 Å². The van der Waals surface area contributed by atoms with Gasteiger partial charge in [0.1, 0.15) is 0 Å². The average molecular weight is 204 g/mol. The molecule has 15 heavy (non-hydrogen) atoms. The second kappa shape index (κ2) is 3.93. The Morgan fingerprint density at radius 3 is 2.73 bits per heavy atom. The molecule has 2 rings (SSSR count). The van der Waals surface area contributed by atoms with Gasteiger partial charge in [-0.15, -0.1) is 0 Å². The van der Waals surface area contributed by atoms with Gasteiger partial charge in [-0.25, -0.2) is 0 Å². The molecule has 0 atom stereocenters. The summed E-state index contributed by atoms with van der Waals surface area (Å²) in [7, 11) is 0. The standard InChI is InChI=1S/C12H16N2O/c1-9-3-4-11(7-10(9)2)14-6-5-13-12(15)8-14/h3-4,7H,5-6,8H2,1-2H3,(H,13,15). The molecule has 1 amide bonds. The summed E-state index contributed by atoms with van der Waals surface area (Å²) in [5.41, 5.74) is 3.71. The zero-order valence-corrected chi connectivity index (χ0v) is 9.21. The Kier molecular flexibility index (Phi) is 2.62. The lowest BCUT2D eigenvalue weighted by atomic mass is 10.1. The Balaban J connectivity index is 2.21. The van der Waals surface area contributed by atoms with E-state index >= 15 is 0 Å². The number of piperazine rings is 1.